The van der Waals surface area contributed by atoms with Crippen LogP contribution in [0.2, 0.25) is 0 Å². The minimum atomic E-state index is -1.01. The lowest BCUT2D eigenvalue weighted by molar-refractivity contribution is -0.386. The van der Waals surface area contributed by atoms with Gasteiger partial charge >= 0.3 is 11.7 Å². The number of aryl methyl sites for hydroxylation is 2. The second-order valence-electron chi connectivity index (χ2n) is 4.49. The van der Waals surface area contributed by atoms with Crippen LogP contribution in [0.5, 0.6) is 0 Å². The molecule has 0 fully saturated rings. The smallest absolute Gasteiger partial charge is 0.335 e. The maximum atomic E-state index is 11.0. The maximum Gasteiger partial charge on any atom is 0.335 e. The van der Waals surface area contributed by atoms with Crippen molar-refractivity contribution < 1.29 is 14.8 Å². The third-order valence-corrected chi connectivity index (χ3v) is 3.11. The number of aromatic carboxylic acids is 1. The summed E-state index contributed by atoms with van der Waals surface area (Å²) >= 11 is 0. The number of hydrogen-bond acceptors (Lipinski definition) is 4. The Kier molecular flexibility index (Phi) is 3.27. The normalized spacial score (nSPS) is 10.6. The third kappa shape index (κ3) is 2.13. The Morgan fingerprint density at radius 3 is 2.45 bits per heavy atom. The lowest BCUT2D eigenvalue weighted by Crippen LogP contribution is -2.04. The van der Waals surface area contributed by atoms with Gasteiger partial charge in [-0.3, -0.25) is 10.1 Å². The molecule has 0 aliphatic carbocycles. The number of carbonyl (C=O) groups is 1. The average molecular weight is 275 g/mol. The van der Waals surface area contributed by atoms with Gasteiger partial charge in [0.25, 0.3) is 0 Å². The zero-order valence-corrected chi connectivity index (χ0v) is 11.2. The third-order valence-electron chi connectivity index (χ3n) is 3.11. The number of hydrogen-bond donors (Lipinski definition) is 1. The van der Waals surface area contributed by atoms with Gasteiger partial charge in [0.1, 0.15) is 11.4 Å². The van der Waals surface area contributed by atoms with Gasteiger partial charge in [0.05, 0.1) is 16.2 Å². The minimum absolute atomic E-state index is 0.0216. The highest BCUT2D eigenvalue weighted by Gasteiger charge is 2.23. The molecule has 0 amide bonds. The van der Waals surface area contributed by atoms with Gasteiger partial charge in [-0.05, 0) is 44.5 Å². The number of carboxylic acid groups (broad SMARTS) is 1. The van der Waals surface area contributed by atoms with Crippen molar-refractivity contribution in [3.63, 3.8) is 0 Å². The van der Waals surface area contributed by atoms with E-state index in [0.717, 1.165) is 0 Å². The molecule has 1 N–H and O–H groups in total. The van der Waals surface area contributed by atoms with Gasteiger partial charge in [-0.1, -0.05) is 0 Å². The lowest BCUT2D eigenvalue weighted by Gasteiger charge is -2.08. The largest absolute Gasteiger partial charge is 0.478 e. The molecule has 7 heteroatoms. The summed E-state index contributed by atoms with van der Waals surface area (Å²) in [4.78, 5) is 21.4. The summed E-state index contributed by atoms with van der Waals surface area (Å²) in [6, 6.07) is 4.56. The quantitative estimate of drug-likeness (QED) is 0.685. The van der Waals surface area contributed by atoms with Crippen molar-refractivity contribution in [3.05, 3.63) is 50.8 Å². The van der Waals surface area contributed by atoms with Gasteiger partial charge in [-0.25, -0.2) is 9.48 Å². The van der Waals surface area contributed by atoms with E-state index in [-0.39, 0.29) is 11.3 Å². The van der Waals surface area contributed by atoms with Crippen molar-refractivity contribution in [1.29, 1.82) is 0 Å². The van der Waals surface area contributed by atoms with Crippen molar-refractivity contribution in [2.45, 2.75) is 20.8 Å². The number of carboxylic acids is 1. The van der Waals surface area contributed by atoms with Crippen molar-refractivity contribution in [1.82, 2.24) is 9.78 Å². The van der Waals surface area contributed by atoms with Crippen LogP contribution in [0.4, 0.5) is 5.69 Å². The van der Waals surface area contributed by atoms with Gasteiger partial charge in [0.2, 0.25) is 0 Å². The van der Waals surface area contributed by atoms with Gasteiger partial charge in [-0.15, -0.1) is 0 Å². The van der Waals surface area contributed by atoms with Crippen LogP contribution in [0.15, 0.2) is 18.2 Å². The number of aromatic nitrogens is 2. The molecule has 7 nitrogen and oxygen atoms in total. The first-order valence-electron chi connectivity index (χ1n) is 5.88. The lowest BCUT2D eigenvalue weighted by atomic mass is 10.1. The maximum absolute atomic E-state index is 11.0. The van der Waals surface area contributed by atoms with Crippen LogP contribution < -0.4 is 0 Å². The second-order valence-corrected chi connectivity index (χ2v) is 4.49. The van der Waals surface area contributed by atoms with Crippen LogP contribution in [0.1, 0.15) is 27.3 Å². The standard InChI is InChI=1S/C13H13N3O4/c1-7-6-10(13(17)18)4-5-11(7)15-9(3)12(16(19)20)8(2)14-15/h4-6H,1-3H3,(H,17,18). The molecule has 0 atom stereocenters. The summed E-state index contributed by atoms with van der Waals surface area (Å²) in [5.74, 6) is -1.01. The molecule has 0 unspecified atom stereocenters. The fourth-order valence-electron chi connectivity index (χ4n) is 2.16. The summed E-state index contributed by atoms with van der Waals surface area (Å²) < 4.78 is 1.47. The first-order chi connectivity index (χ1) is 9.32. The molecule has 104 valence electrons. The number of nitrogens with zero attached hydrogens (tertiary/aromatic N) is 3. The van der Waals surface area contributed by atoms with Crippen LogP contribution in [0.3, 0.4) is 0 Å². The highest BCUT2D eigenvalue weighted by Crippen LogP contribution is 2.26. The molecular formula is C13H13N3O4. The highest BCUT2D eigenvalue weighted by atomic mass is 16.6. The zero-order valence-electron chi connectivity index (χ0n) is 11.2. The van der Waals surface area contributed by atoms with Crippen molar-refractivity contribution in [3.8, 4) is 5.69 Å². The van der Waals surface area contributed by atoms with Gasteiger partial charge in [0, 0.05) is 0 Å². The molecule has 0 saturated heterocycles. The Hall–Kier alpha value is -2.70. The topological polar surface area (TPSA) is 98.3 Å². The Labute approximate surface area is 114 Å². The molecule has 0 bridgehead atoms. The highest BCUT2D eigenvalue weighted by molar-refractivity contribution is 5.88. The number of benzene rings is 1. The Bertz CT molecular complexity index is 719. The summed E-state index contributed by atoms with van der Waals surface area (Å²) in [5, 5.41) is 24.1. The minimum Gasteiger partial charge on any atom is -0.478 e. The van der Waals surface area contributed by atoms with E-state index in [1.54, 1.807) is 26.8 Å². The predicted octanol–water partition coefficient (Wildman–Crippen LogP) is 2.40. The summed E-state index contributed by atoms with van der Waals surface area (Å²) in [6.07, 6.45) is 0. The predicted molar refractivity (Wildman–Crippen MR) is 71.4 cm³/mol. The molecule has 1 heterocycles. The van der Waals surface area contributed by atoms with E-state index in [9.17, 15) is 14.9 Å². The van der Waals surface area contributed by atoms with Crippen molar-refractivity contribution >= 4 is 11.7 Å². The monoisotopic (exact) mass is 275 g/mol. The van der Waals surface area contributed by atoms with E-state index in [1.807, 2.05) is 0 Å². The van der Waals surface area contributed by atoms with Crippen LogP contribution in [0.25, 0.3) is 5.69 Å². The molecule has 1 aromatic heterocycles. The van der Waals surface area contributed by atoms with Gasteiger partial charge in [0.15, 0.2) is 0 Å². The van der Waals surface area contributed by atoms with E-state index in [4.69, 9.17) is 5.11 Å². The van der Waals surface area contributed by atoms with Crippen molar-refractivity contribution in [2.75, 3.05) is 0 Å². The number of rotatable bonds is 3. The molecule has 0 aliphatic heterocycles. The molecule has 1 aromatic carbocycles. The van der Waals surface area contributed by atoms with E-state index >= 15 is 0 Å². The van der Waals surface area contributed by atoms with Crippen LogP contribution in [-0.2, 0) is 0 Å². The van der Waals surface area contributed by atoms with E-state index in [0.29, 0.717) is 22.6 Å². The summed E-state index contributed by atoms with van der Waals surface area (Å²) in [5.41, 5.74) is 2.20. The van der Waals surface area contributed by atoms with E-state index in [1.165, 1.54) is 16.8 Å². The molecule has 0 spiro atoms. The molecule has 0 aliphatic rings. The van der Waals surface area contributed by atoms with Gasteiger partial charge in [-0.2, -0.15) is 5.10 Å². The Morgan fingerprint density at radius 2 is 2.00 bits per heavy atom. The molecule has 2 aromatic rings. The first-order valence-corrected chi connectivity index (χ1v) is 5.88. The van der Waals surface area contributed by atoms with Crippen LogP contribution in [0, 0.1) is 30.9 Å². The zero-order chi connectivity index (χ0) is 15.0. The molecule has 2 rings (SSSR count). The molecule has 20 heavy (non-hydrogen) atoms. The summed E-state index contributed by atoms with van der Waals surface area (Å²) in [7, 11) is 0. The Balaban J connectivity index is 2.61. The van der Waals surface area contributed by atoms with E-state index < -0.39 is 10.9 Å². The van der Waals surface area contributed by atoms with Gasteiger partial charge < -0.3 is 5.11 Å². The molecule has 0 radical (unpaired) electrons. The molecular weight excluding hydrogens is 262 g/mol. The van der Waals surface area contributed by atoms with Crippen LogP contribution >= 0.6 is 0 Å². The fraction of sp³-hybridized carbons (Fsp3) is 0.231. The number of nitro groups is 1. The van der Waals surface area contributed by atoms with Crippen LogP contribution in [-0.4, -0.2) is 25.8 Å². The first kappa shape index (κ1) is 13.7. The molecule has 0 saturated carbocycles. The Morgan fingerprint density at radius 1 is 1.35 bits per heavy atom. The summed E-state index contributed by atoms with van der Waals surface area (Å²) in [6.45, 7) is 4.93. The SMILES string of the molecule is Cc1cc(C(=O)O)ccc1-n1nc(C)c([N+](=O)[O-])c1C. The van der Waals surface area contributed by atoms with E-state index in [2.05, 4.69) is 5.10 Å². The fourth-order valence-corrected chi connectivity index (χ4v) is 2.16. The average Bonchev–Trinajstić information content (AvgIpc) is 2.64. The second kappa shape index (κ2) is 4.76. The van der Waals surface area contributed by atoms with Crippen molar-refractivity contribution in [2.24, 2.45) is 0 Å².